The number of ether oxygens (including phenoxy) is 3. The highest BCUT2D eigenvalue weighted by Gasteiger charge is 2.30. The molecule has 5 heteroatoms. The molecule has 29 heavy (non-hydrogen) atoms. The molecule has 0 saturated heterocycles. The second kappa shape index (κ2) is 8.13. The van der Waals surface area contributed by atoms with Crippen LogP contribution in [0.3, 0.4) is 0 Å². The minimum absolute atomic E-state index is 0.116. The van der Waals surface area contributed by atoms with Crippen LogP contribution in [0, 0.1) is 6.92 Å². The molecular weight excluding hydrogens is 432 g/mol. The number of methoxy groups -OCH3 is 1. The highest BCUT2D eigenvalue weighted by atomic mass is 79.9. The van der Waals surface area contributed by atoms with Crippen LogP contribution in [-0.2, 0) is 6.61 Å². The van der Waals surface area contributed by atoms with Crippen molar-refractivity contribution in [1.29, 1.82) is 0 Å². The van der Waals surface area contributed by atoms with Gasteiger partial charge in [-0.2, -0.15) is 0 Å². The Morgan fingerprint density at radius 3 is 2.52 bits per heavy atom. The molecular formula is C24H19BrO4. The molecule has 0 atom stereocenters. The van der Waals surface area contributed by atoms with E-state index in [1.165, 1.54) is 0 Å². The zero-order valence-electron chi connectivity index (χ0n) is 16.1. The topological polar surface area (TPSA) is 44.8 Å². The van der Waals surface area contributed by atoms with Crippen molar-refractivity contribution in [1.82, 2.24) is 0 Å². The van der Waals surface area contributed by atoms with Gasteiger partial charge in [0, 0.05) is 10.5 Å². The van der Waals surface area contributed by atoms with Gasteiger partial charge in [-0.15, -0.1) is 0 Å². The molecule has 0 aromatic heterocycles. The van der Waals surface area contributed by atoms with Gasteiger partial charge in [0.2, 0.25) is 5.78 Å². The Bertz CT molecular complexity index is 1100. The second-order valence-corrected chi connectivity index (χ2v) is 7.57. The van der Waals surface area contributed by atoms with Crippen LogP contribution in [0.4, 0.5) is 0 Å². The number of rotatable bonds is 5. The van der Waals surface area contributed by atoms with Gasteiger partial charge in [0.15, 0.2) is 5.76 Å². The first-order valence-electron chi connectivity index (χ1n) is 9.14. The minimum Gasteiger partial charge on any atom is -0.497 e. The SMILES string of the molecule is COc1ccc(COc2cc(C)c3c(c2)O/C(=C\c2ccccc2Br)C3=O)cc1. The van der Waals surface area contributed by atoms with Crippen molar-refractivity contribution in [2.75, 3.05) is 7.11 Å². The zero-order valence-corrected chi connectivity index (χ0v) is 17.7. The summed E-state index contributed by atoms with van der Waals surface area (Å²) in [6.45, 7) is 2.30. The molecule has 0 radical (unpaired) electrons. The quantitative estimate of drug-likeness (QED) is 0.449. The minimum atomic E-state index is -0.116. The maximum atomic E-state index is 12.8. The molecule has 0 fully saturated rings. The van der Waals surface area contributed by atoms with E-state index in [0.29, 0.717) is 29.4 Å². The standard InChI is InChI=1S/C24H19BrO4/c1-15-11-19(28-14-16-7-9-18(27-2)10-8-16)13-21-23(15)24(26)22(29-21)12-17-5-3-4-6-20(17)25/h3-13H,14H2,1-2H3/b22-12-. The van der Waals surface area contributed by atoms with Crippen LogP contribution in [0.1, 0.15) is 27.0 Å². The summed E-state index contributed by atoms with van der Waals surface area (Å²) in [5, 5.41) is 0. The van der Waals surface area contributed by atoms with E-state index in [2.05, 4.69) is 15.9 Å². The molecule has 0 N–H and O–H groups in total. The number of hydrogen-bond donors (Lipinski definition) is 0. The highest BCUT2D eigenvalue weighted by Crippen LogP contribution is 2.38. The Hall–Kier alpha value is -3.05. The first-order valence-corrected chi connectivity index (χ1v) is 9.93. The van der Waals surface area contributed by atoms with Crippen LogP contribution in [-0.4, -0.2) is 12.9 Å². The van der Waals surface area contributed by atoms with Crippen LogP contribution in [0.15, 0.2) is 70.9 Å². The van der Waals surface area contributed by atoms with E-state index >= 15 is 0 Å². The predicted molar refractivity (Wildman–Crippen MR) is 116 cm³/mol. The van der Waals surface area contributed by atoms with Crippen molar-refractivity contribution in [3.05, 3.63) is 93.1 Å². The Kier molecular flexibility index (Phi) is 5.41. The Morgan fingerprint density at radius 1 is 1.03 bits per heavy atom. The first kappa shape index (κ1) is 19.3. The summed E-state index contributed by atoms with van der Waals surface area (Å²) in [5.41, 5.74) is 3.32. The lowest BCUT2D eigenvalue weighted by Gasteiger charge is -2.09. The third-order valence-electron chi connectivity index (χ3n) is 4.70. The summed E-state index contributed by atoms with van der Waals surface area (Å²) in [7, 11) is 1.64. The number of ketones is 1. The number of halogens is 1. The molecule has 0 amide bonds. The van der Waals surface area contributed by atoms with Gasteiger partial charge in [-0.25, -0.2) is 0 Å². The van der Waals surface area contributed by atoms with Crippen molar-refractivity contribution in [3.8, 4) is 17.2 Å². The van der Waals surface area contributed by atoms with E-state index in [9.17, 15) is 4.79 Å². The molecule has 0 saturated carbocycles. The van der Waals surface area contributed by atoms with E-state index in [0.717, 1.165) is 26.9 Å². The Labute approximate surface area is 177 Å². The van der Waals surface area contributed by atoms with E-state index in [1.807, 2.05) is 61.5 Å². The van der Waals surface area contributed by atoms with Crippen LogP contribution in [0.25, 0.3) is 6.08 Å². The lowest BCUT2D eigenvalue weighted by molar-refractivity contribution is 0.101. The average Bonchev–Trinajstić information content (AvgIpc) is 3.04. The summed E-state index contributed by atoms with van der Waals surface area (Å²) in [6.07, 6.45) is 1.75. The monoisotopic (exact) mass is 450 g/mol. The largest absolute Gasteiger partial charge is 0.497 e. The maximum absolute atomic E-state index is 12.8. The van der Waals surface area contributed by atoms with E-state index < -0.39 is 0 Å². The van der Waals surface area contributed by atoms with Gasteiger partial charge in [-0.05, 0) is 54.0 Å². The number of fused-ring (bicyclic) bond motifs is 1. The summed E-state index contributed by atoms with van der Waals surface area (Å²) in [4.78, 5) is 12.8. The van der Waals surface area contributed by atoms with Crippen molar-refractivity contribution < 1.29 is 19.0 Å². The fraction of sp³-hybridized carbons (Fsp3) is 0.125. The normalized spacial score (nSPS) is 13.9. The Balaban J connectivity index is 1.55. The van der Waals surface area contributed by atoms with Gasteiger partial charge in [-0.3, -0.25) is 4.79 Å². The van der Waals surface area contributed by atoms with Crippen LogP contribution in [0.5, 0.6) is 17.2 Å². The third-order valence-corrected chi connectivity index (χ3v) is 5.42. The molecule has 1 aliphatic heterocycles. The third kappa shape index (κ3) is 4.05. The molecule has 4 rings (SSSR count). The van der Waals surface area contributed by atoms with Crippen LogP contribution >= 0.6 is 15.9 Å². The zero-order chi connectivity index (χ0) is 20.4. The van der Waals surface area contributed by atoms with E-state index in [-0.39, 0.29) is 5.78 Å². The number of aryl methyl sites for hydroxylation is 1. The van der Waals surface area contributed by atoms with Crippen molar-refractivity contribution in [2.45, 2.75) is 13.5 Å². The number of carbonyl (C=O) groups excluding carboxylic acids is 1. The summed E-state index contributed by atoms with van der Waals surface area (Å²) in [5.74, 6) is 2.18. The molecule has 3 aromatic carbocycles. The molecule has 0 unspecified atom stereocenters. The average molecular weight is 451 g/mol. The Morgan fingerprint density at radius 2 is 1.79 bits per heavy atom. The second-order valence-electron chi connectivity index (χ2n) is 6.71. The van der Waals surface area contributed by atoms with Gasteiger partial charge < -0.3 is 14.2 Å². The highest BCUT2D eigenvalue weighted by molar-refractivity contribution is 9.10. The van der Waals surface area contributed by atoms with Gasteiger partial charge >= 0.3 is 0 Å². The van der Waals surface area contributed by atoms with Crippen molar-refractivity contribution >= 4 is 27.8 Å². The molecule has 0 aliphatic carbocycles. The smallest absolute Gasteiger partial charge is 0.232 e. The number of benzene rings is 3. The lowest BCUT2D eigenvalue weighted by Crippen LogP contribution is -2.00. The summed E-state index contributed by atoms with van der Waals surface area (Å²) >= 11 is 3.50. The fourth-order valence-electron chi connectivity index (χ4n) is 3.18. The first-order chi connectivity index (χ1) is 14.0. The number of allylic oxidation sites excluding steroid dienone is 1. The number of Topliss-reactive ketones (excluding diaryl/α,β-unsaturated/α-hetero) is 1. The predicted octanol–water partition coefficient (Wildman–Crippen LogP) is 5.96. The number of hydrogen-bond acceptors (Lipinski definition) is 4. The van der Waals surface area contributed by atoms with Crippen molar-refractivity contribution in [2.24, 2.45) is 0 Å². The fourth-order valence-corrected chi connectivity index (χ4v) is 3.58. The van der Waals surface area contributed by atoms with Gasteiger partial charge in [0.05, 0.1) is 12.7 Å². The summed E-state index contributed by atoms with van der Waals surface area (Å²) < 4.78 is 17.9. The van der Waals surface area contributed by atoms with E-state index in [1.54, 1.807) is 19.3 Å². The van der Waals surface area contributed by atoms with Crippen LogP contribution in [0.2, 0.25) is 0 Å². The van der Waals surface area contributed by atoms with E-state index in [4.69, 9.17) is 14.2 Å². The molecule has 0 bridgehead atoms. The molecule has 0 spiro atoms. The number of carbonyl (C=O) groups is 1. The maximum Gasteiger partial charge on any atom is 0.232 e. The molecule has 4 nitrogen and oxygen atoms in total. The molecule has 1 heterocycles. The molecule has 1 aliphatic rings. The van der Waals surface area contributed by atoms with Gasteiger partial charge in [0.1, 0.15) is 23.9 Å². The van der Waals surface area contributed by atoms with Crippen LogP contribution < -0.4 is 14.2 Å². The van der Waals surface area contributed by atoms with Crippen molar-refractivity contribution in [3.63, 3.8) is 0 Å². The van der Waals surface area contributed by atoms with Gasteiger partial charge in [-0.1, -0.05) is 46.3 Å². The van der Waals surface area contributed by atoms with Gasteiger partial charge in [0.25, 0.3) is 0 Å². The summed E-state index contributed by atoms with van der Waals surface area (Å²) in [6, 6.07) is 19.0. The molecule has 146 valence electrons. The lowest BCUT2D eigenvalue weighted by atomic mass is 10.0. The molecule has 3 aromatic rings.